The van der Waals surface area contributed by atoms with E-state index in [4.69, 9.17) is 0 Å². The highest BCUT2D eigenvalue weighted by Gasteiger charge is 2.22. The molecule has 0 radical (unpaired) electrons. The van der Waals surface area contributed by atoms with Crippen molar-refractivity contribution < 1.29 is 4.79 Å². The Balaban J connectivity index is 1.88. The molecular formula is C12H20N4O. The Bertz CT molecular complexity index is 388. The molecule has 2 amide bonds. The molecule has 0 spiro atoms. The smallest absolute Gasteiger partial charge is 0.314 e. The molecule has 94 valence electrons. The zero-order valence-electron chi connectivity index (χ0n) is 10.4. The lowest BCUT2D eigenvalue weighted by molar-refractivity contribution is 0.172. The van der Waals surface area contributed by atoms with Crippen LogP contribution in [0, 0.1) is 0 Å². The molecule has 1 aliphatic rings. The fourth-order valence-corrected chi connectivity index (χ4v) is 2.18. The van der Waals surface area contributed by atoms with Gasteiger partial charge in [0.15, 0.2) is 0 Å². The number of carbonyl (C=O) groups excluding carboxylic acids is 1. The zero-order chi connectivity index (χ0) is 12.3. The largest absolute Gasteiger partial charge is 0.349 e. The van der Waals surface area contributed by atoms with Crippen molar-refractivity contribution in [2.24, 2.45) is 0 Å². The van der Waals surface area contributed by atoms with Crippen molar-refractivity contribution in [2.45, 2.75) is 26.1 Å². The van der Waals surface area contributed by atoms with Gasteiger partial charge in [-0.15, -0.1) is 0 Å². The molecule has 5 heteroatoms. The second kappa shape index (κ2) is 5.23. The molecule has 1 aliphatic heterocycles. The Morgan fingerprint density at radius 1 is 1.53 bits per heavy atom. The van der Waals surface area contributed by atoms with Crippen molar-refractivity contribution in [1.29, 1.82) is 0 Å². The SMILES string of the molecule is CCNC(=O)NCC1Cn2cccc2CN1C. The number of nitrogens with one attached hydrogen (secondary N) is 2. The third kappa shape index (κ3) is 2.79. The summed E-state index contributed by atoms with van der Waals surface area (Å²) >= 11 is 0. The van der Waals surface area contributed by atoms with Crippen molar-refractivity contribution >= 4 is 6.03 Å². The van der Waals surface area contributed by atoms with E-state index in [1.165, 1.54) is 5.69 Å². The second-order valence-corrected chi connectivity index (χ2v) is 4.46. The third-order valence-corrected chi connectivity index (χ3v) is 3.20. The second-order valence-electron chi connectivity index (χ2n) is 4.46. The van der Waals surface area contributed by atoms with Crippen LogP contribution >= 0.6 is 0 Å². The van der Waals surface area contributed by atoms with E-state index in [2.05, 4.69) is 45.5 Å². The molecule has 0 aromatic carbocycles. The predicted octanol–water partition coefficient (Wildman–Crippen LogP) is 0.621. The van der Waals surface area contributed by atoms with Crippen molar-refractivity contribution in [2.75, 3.05) is 20.1 Å². The summed E-state index contributed by atoms with van der Waals surface area (Å²) in [5.41, 5.74) is 1.33. The summed E-state index contributed by atoms with van der Waals surface area (Å²) in [5.74, 6) is 0. The average Bonchev–Trinajstić information content (AvgIpc) is 2.73. The molecule has 0 fully saturated rings. The van der Waals surface area contributed by atoms with Crippen molar-refractivity contribution in [3.05, 3.63) is 24.0 Å². The van der Waals surface area contributed by atoms with Gasteiger partial charge in [0, 0.05) is 44.1 Å². The standard InChI is InChI=1S/C12H20N4O/c1-3-13-12(17)14-7-11-9-16-6-4-5-10(16)8-15(11)2/h4-6,11H,3,7-9H2,1-2H3,(H2,13,14,17). The average molecular weight is 236 g/mol. The van der Waals surface area contributed by atoms with E-state index in [0.29, 0.717) is 19.1 Å². The van der Waals surface area contributed by atoms with Gasteiger partial charge in [0.25, 0.3) is 0 Å². The van der Waals surface area contributed by atoms with Gasteiger partial charge >= 0.3 is 6.03 Å². The zero-order valence-corrected chi connectivity index (χ0v) is 10.4. The number of aromatic nitrogens is 1. The Morgan fingerprint density at radius 3 is 3.12 bits per heavy atom. The predicted molar refractivity (Wildman–Crippen MR) is 66.8 cm³/mol. The molecule has 0 saturated heterocycles. The summed E-state index contributed by atoms with van der Waals surface area (Å²) in [6.07, 6.45) is 2.10. The number of rotatable bonds is 3. The van der Waals surface area contributed by atoms with Crippen molar-refractivity contribution in [3.8, 4) is 0 Å². The molecule has 5 nitrogen and oxygen atoms in total. The van der Waals surface area contributed by atoms with Crippen LogP contribution in [-0.2, 0) is 13.1 Å². The molecule has 17 heavy (non-hydrogen) atoms. The fourth-order valence-electron chi connectivity index (χ4n) is 2.18. The van der Waals surface area contributed by atoms with Crippen LogP contribution in [0.15, 0.2) is 18.3 Å². The van der Waals surface area contributed by atoms with Gasteiger partial charge in [-0.25, -0.2) is 4.79 Å². The summed E-state index contributed by atoms with van der Waals surface area (Å²) in [4.78, 5) is 13.6. The van der Waals surface area contributed by atoms with Crippen LogP contribution in [-0.4, -0.2) is 41.7 Å². The minimum Gasteiger partial charge on any atom is -0.349 e. The Hall–Kier alpha value is -1.49. The molecular weight excluding hydrogens is 216 g/mol. The maximum Gasteiger partial charge on any atom is 0.314 e. The molecule has 1 atom stereocenters. The molecule has 2 heterocycles. The maximum atomic E-state index is 11.3. The van der Waals surface area contributed by atoms with Crippen LogP contribution in [0.2, 0.25) is 0 Å². The number of hydrogen-bond donors (Lipinski definition) is 2. The molecule has 2 N–H and O–H groups in total. The quantitative estimate of drug-likeness (QED) is 0.808. The summed E-state index contributed by atoms with van der Waals surface area (Å²) in [6, 6.07) is 4.49. The number of amides is 2. The van der Waals surface area contributed by atoms with Crippen LogP contribution in [0.1, 0.15) is 12.6 Å². The van der Waals surface area contributed by atoms with Crippen molar-refractivity contribution in [3.63, 3.8) is 0 Å². The van der Waals surface area contributed by atoms with E-state index in [1.807, 2.05) is 6.92 Å². The first-order valence-electron chi connectivity index (χ1n) is 6.06. The third-order valence-electron chi connectivity index (χ3n) is 3.20. The van der Waals surface area contributed by atoms with E-state index >= 15 is 0 Å². The molecule has 0 saturated carbocycles. The van der Waals surface area contributed by atoms with Gasteiger partial charge in [-0.2, -0.15) is 0 Å². The molecule has 1 aromatic heterocycles. The van der Waals surface area contributed by atoms with Crippen LogP contribution in [0.3, 0.4) is 0 Å². The lowest BCUT2D eigenvalue weighted by Crippen LogP contribution is -2.49. The summed E-state index contributed by atoms with van der Waals surface area (Å²) in [6.45, 7) is 5.13. The molecule has 0 bridgehead atoms. The van der Waals surface area contributed by atoms with Gasteiger partial charge < -0.3 is 15.2 Å². The summed E-state index contributed by atoms with van der Waals surface area (Å²) in [5, 5.41) is 5.64. The van der Waals surface area contributed by atoms with E-state index in [-0.39, 0.29) is 6.03 Å². The topological polar surface area (TPSA) is 49.3 Å². The first-order valence-corrected chi connectivity index (χ1v) is 6.06. The summed E-state index contributed by atoms with van der Waals surface area (Å²) < 4.78 is 2.25. The monoisotopic (exact) mass is 236 g/mol. The molecule has 2 rings (SSSR count). The summed E-state index contributed by atoms with van der Waals surface area (Å²) in [7, 11) is 2.10. The highest BCUT2D eigenvalue weighted by Crippen LogP contribution is 2.15. The van der Waals surface area contributed by atoms with Gasteiger partial charge in [0.05, 0.1) is 0 Å². The van der Waals surface area contributed by atoms with E-state index in [9.17, 15) is 4.79 Å². The first kappa shape index (κ1) is 12.0. The Kier molecular flexibility index (Phi) is 3.68. The minimum absolute atomic E-state index is 0.0841. The number of nitrogens with zero attached hydrogens (tertiary/aromatic N) is 2. The molecule has 0 aliphatic carbocycles. The van der Waals surface area contributed by atoms with Crippen LogP contribution < -0.4 is 10.6 Å². The lowest BCUT2D eigenvalue weighted by atomic mass is 10.2. The highest BCUT2D eigenvalue weighted by atomic mass is 16.2. The Morgan fingerprint density at radius 2 is 2.35 bits per heavy atom. The van der Waals surface area contributed by atoms with E-state index in [0.717, 1.165) is 13.1 Å². The number of hydrogen-bond acceptors (Lipinski definition) is 2. The number of urea groups is 1. The van der Waals surface area contributed by atoms with E-state index in [1.54, 1.807) is 0 Å². The fraction of sp³-hybridized carbons (Fsp3) is 0.583. The normalized spacial score (nSPS) is 19.8. The van der Waals surface area contributed by atoms with Gasteiger partial charge in [0.2, 0.25) is 0 Å². The molecule has 1 unspecified atom stereocenters. The lowest BCUT2D eigenvalue weighted by Gasteiger charge is -2.34. The molecule has 1 aromatic rings. The van der Waals surface area contributed by atoms with E-state index < -0.39 is 0 Å². The minimum atomic E-state index is -0.0841. The number of likely N-dealkylation sites (N-methyl/N-ethyl adjacent to an activating group) is 1. The maximum absolute atomic E-state index is 11.3. The van der Waals surface area contributed by atoms with Gasteiger partial charge in [-0.05, 0) is 26.1 Å². The van der Waals surface area contributed by atoms with Crippen LogP contribution in [0.25, 0.3) is 0 Å². The van der Waals surface area contributed by atoms with Gasteiger partial charge in [0.1, 0.15) is 0 Å². The van der Waals surface area contributed by atoms with Crippen molar-refractivity contribution in [1.82, 2.24) is 20.1 Å². The van der Waals surface area contributed by atoms with Crippen LogP contribution in [0.5, 0.6) is 0 Å². The number of fused-ring (bicyclic) bond motifs is 1. The van der Waals surface area contributed by atoms with Crippen LogP contribution in [0.4, 0.5) is 4.79 Å². The van der Waals surface area contributed by atoms with Gasteiger partial charge in [-0.3, -0.25) is 4.90 Å². The highest BCUT2D eigenvalue weighted by molar-refractivity contribution is 5.73. The number of carbonyl (C=O) groups is 1. The van der Waals surface area contributed by atoms with Gasteiger partial charge in [-0.1, -0.05) is 0 Å². The first-order chi connectivity index (χ1) is 8.20. The Labute approximate surface area is 102 Å².